The lowest BCUT2D eigenvalue weighted by molar-refractivity contribution is 0.0712. The SMILES string of the molecule is CC1CS(=O)(=O)CCN1C(=O)c1ccc(N)nc1. The van der Waals surface area contributed by atoms with E-state index in [1.807, 2.05) is 0 Å². The van der Waals surface area contributed by atoms with Gasteiger partial charge in [0, 0.05) is 18.8 Å². The Morgan fingerprint density at radius 2 is 2.22 bits per heavy atom. The van der Waals surface area contributed by atoms with Gasteiger partial charge in [0.2, 0.25) is 0 Å². The minimum atomic E-state index is -3.02. The minimum absolute atomic E-state index is 0.0150. The van der Waals surface area contributed by atoms with Gasteiger partial charge in [-0.2, -0.15) is 0 Å². The molecule has 0 bridgehead atoms. The molecule has 1 amide bonds. The Labute approximate surface area is 106 Å². The summed E-state index contributed by atoms with van der Waals surface area (Å²) >= 11 is 0. The standard InChI is InChI=1S/C11H15N3O3S/c1-8-7-18(16,17)5-4-14(8)11(15)9-2-3-10(12)13-6-9/h2-3,6,8H,4-5,7H2,1H3,(H2,12,13). The van der Waals surface area contributed by atoms with Gasteiger partial charge in [0.1, 0.15) is 5.82 Å². The number of nitrogens with zero attached hydrogens (tertiary/aromatic N) is 2. The van der Waals surface area contributed by atoms with Crippen LogP contribution in [0.5, 0.6) is 0 Å². The maximum atomic E-state index is 12.2. The van der Waals surface area contributed by atoms with Crippen molar-refractivity contribution in [2.45, 2.75) is 13.0 Å². The second-order valence-electron chi connectivity index (χ2n) is 4.43. The summed E-state index contributed by atoms with van der Waals surface area (Å²) < 4.78 is 22.9. The lowest BCUT2D eigenvalue weighted by atomic mass is 10.2. The molecule has 2 rings (SSSR count). The van der Waals surface area contributed by atoms with E-state index >= 15 is 0 Å². The molecule has 1 unspecified atom stereocenters. The number of amides is 1. The fraction of sp³-hybridized carbons (Fsp3) is 0.455. The number of nitrogen functional groups attached to an aromatic ring is 1. The van der Waals surface area contributed by atoms with Crippen molar-refractivity contribution in [3.8, 4) is 0 Å². The molecule has 1 aromatic heterocycles. The lowest BCUT2D eigenvalue weighted by Crippen LogP contribution is -2.49. The fourth-order valence-corrected chi connectivity index (χ4v) is 3.55. The van der Waals surface area contributed by atoms with Crippen molar-refractivity contribution < 1.29 is 13.2 Å². The van der Waals surface area contributed by atoms with E-state index in [9.17, 15) is 13.2 Å². The molecule has 0 radical (unpaired) electrons. The summed E-state index contributed by atoms with van der Waals surface area (Å²) in [5.41, 5.74) is 5.88. The summed E-state index contributed by atoms with van der Waals surface area (Å²) in [6.45, 7) is 1.96. The molecule has 0 aromatic carbocycles. The zero-order valence-electron chi connectivity index (χ0n) is 10.0. The molecule has 1 aromatic rings. The smallest absolute Gasteiger partial charge is 0.255 e. The maximum Gasteiger partial charge on any atom is 0.255 e. The summed E-state index contributed by atoms with van der Waals surface area (Å²) in [5, 5.41) is 0. The lowest BCUT2D eigenvalue weighted by Gasteiger charge is -2.33. The highest BCUT2D eigenvalue weighted by atomic mass is 32.2. The van der Waals surface area contributed by atoms with Crippen LogP contribution in [0, 0.1) is 0 Å². The zero-order chi connectivity index (χ0) is 13.3. The molecule has 2 N–H and O–H groups in total. The number of nitrogens with two attached hydrogens (primary N) is 1. The highest BCUT2D eigenvalue weighted by Gasteiger charge is 2.31. The van der Waals surface area contributed by atoms with Crippen LogP contribution < -0.4 is 5.73 Å². The Morgan fingerprint density at radius 1 is 1.50 bits per heavy atom. The Morgan fingerprint density at radius 3 is 2.78 bits per heavy atom. The van der Waals surface area contributed by atoms with E-state index in [-0.39, 0.29) is 30.0 Å². The molecule has 7 heteroatoms. The molecule has 0 saturated carbocycles. The van der Waals surface area contributed by atoms with E-state index in [0.717, 1.165) is 0 Å². The minimum Gasteiger partial charge on any atom is -0.384 e. The molecule has 1 aliphatic heterocycles. The predicted octanol–water partition coefficient (Wildman–Crippen LogP) is -0.0771. The van der Waals surface area contributed by atoms with Gasteiger partial charge >= 0.3 is 0 Å². The second kappa shape index (κ2) is 4.56. The van der Waals surface area contributed by atoms with Gasteiger partial charge in [-0.25, -0.2) is 13.4 Å². The van der Waals surface area contributed by atoms with Crippen LogP contribution in [-0.4, -0.2) is 48.3 Å². The summed E-state index contributed by atoms with van der Waals surface area (Å²) in [4.78, 5) is 17.6. The van der Waals surface area contributed by atoms with Crippen LogP contribution in [0.2, 0.25) is 0 Å². The zero-order valence-corrected chi connectivity index (χ0v) is 10.9. The first-order chi connectivity index (χ1) is 8.39. The van der Waals surface area contributed by atoms with Crippen LogP contribution in [0.25, 0.3) is 0 Å². The van der Waals surface area contributed by atoms with E-state index < -0.39 is 9.84 Å². The number of aromatic nitrogens is 1. The molecule has 6 nitrogen and oxygen atoms in total. The van der Waals surface area contributed by atoms with Crippen molar-refractivity contribution in [1.82, 2.24) is 9.88 Å². The van der Waals surface area contributed by atoms with Crippen molar-refractivity contribution >= 4 is 21.6 Å². The number of anilines is 1. The topological polar surface area (TPSA) is 93.4 Å². The third-order valence-corrected chi connectivity index (χ3v) is 4.76. The van der Waals surface area contributed by atoms with Crippen LogP contribution in [0.3, 0.4) is 0 Å². The quantitative estimate of drug-likeness (QED) is 0.770. The Balaban J connectivity index is 2.17. The molecule has 18 heavy (non-hydrogen) atoms. The van der Waals surface area contributed by atoms with Crippen LogP contribution >= 0.6 is 0 Å². The highest BCUT2D eigenvalue weighted by Crippen LogP contribution is 2.15. The molecule has 0 spiro atoms. The van der Waals surface area contributed by atoms with Crippen molar-refractivity contribution in [2.24, 2.45) is 0 Å². The van der Waals surface area contributed by atoms with Crippen LogP contribution in [0.15, 0.2) is 18.3 Å². The first-order valence-corrected chi connectivity index (χ1v) is 7.44. The molecule has 1 fully saturated rings. The summed E-state index contributed by atoms with van der Waals surface area (Å²) in [6, 6.07) is 2.84. The Kier molecular flexibility index (Phi) is 3.25. The normalized spacial score (nSPS) is 22.7. The monoisotopic (exact) mass is 269 g/mol. The second-order valence-corrected chi connectivity index (χ2v) is 6.66. The number of pyridine rings is 1. The first-order valence-electron chi connectivity index (χ1n) is 5.62. The number of rotatable bonds is 1. The number of hydrogen-bond donors (Lipinski definition) is 1. The fourth-order valence-electron chi connectivity index (χ4n) is 2.00. The largest absolute Gasteiger partial charge is 0.384 e. The van der Waals surface area contributed by atoms with Crippen LogP contribution in [-0.2, 0) is 9.84 Å². The van der Waals surface area contributed by atoms with Gasteiger partial charge in [-0.1, -0.05) is 0 Å². The maximum absolute atomic E-state index is 12.2. The predicted molar refractivity (Wildman–Crippen MR) is 67.8 cm³/mol. The van der Waals surface area contributed by atoms with Gasteiger partial charge in [-0.05, 0) is 19.1 Å². The van der Waals surface area contributed by atoms with Crippen molar-refractivity contribution in [1.29, 1.82) is 0 Å². The summed E-state index contributed by atoms with van der Waals surface area (Å²) in [7, 11) is -3.02. The Hall–Kier alpha value is -1.63. The third-order valence-electron chi connectivity index (χ3n) is 2.96. The molecule has 1 saturated heterocycles. The van der Waals surface area contributed by atoms with Crippen molar-refractivity contribution in [3.05, 3.63) is 23.9 Å². The summed E-state index contributed by atoms with van der Waals surface area (Å²) in [6.07, 6.45) is 1.41. The van der Waals surface area contributed by atoms with E-state index in [1.54, 1.807) is 24.0 Å². The van der Waals surface area contributed by atoms with Gasteiger partial charge in [0.15, 0.2) is 9.84 Å². The molecule has 1 aliphatic rings. The molecule has 2 heterocycles. The van der Waals surface area contributed by atoms with Gasteiger partial charge in [0.05, 0.1) is 17.1 Å². The van der Waals surface area contributed by atoms with Crippen LogP contribution in [0.4, 0.5) is 5.82 Å². The highest BCUT2D eigenvalue weighted by molar-refractivity contribution is 7.91. The van der Waals surface area contributed by atoms with Gasteiger partial charge < -0.3 is 10.6 Å². The average molecular weight is 269 g/mol. The average Bonchev–Trinajstić information content (AvgIpc) is 2.28. The van der Waals surface area contributed by atoms with Gasteiger partial charge in [0.25, 0.3) is 5.91 Å². The van der Waals surface area contributed by atoms with E-state index in [2.05, 4.69) is 4.98 Å². The van der Waals surface area contributed by atoms with E-state index in [1.165, 1.54) is 6.20 Å². The Bertz CT molecular complexity index is 553. The molecular weight excluding hydrogens is 254 g/mol. The number of hydrogen-bond acceptors (Lipinski definition) is 5. The van der Waals surface area contributed by atoms with E-state index in [4.69, 9.17) is 5.73 Å². The molecule has 98 valence electrons. The third kappa shape index (κ3) is 2.61. The van der Waals surface area contributed by atoms with Crippen LogP contribution in [0.1, 0.15) is 17.3 Å². The van der Waals surface area contributed by atoms with Crippen molar-refractivity contribution in [2.75, 3.05) is 23.8 Å². The van der Waals surface area contributed by atoms with Crippen molar-refractivity contribution in [3.63, 3.8) is 0 Å². The van der Waals surface area contributed by atoms with Gasteiger partial charge in [-0.15, -0.1) is 0 Å². The molecule has 1 atom stereocenters. The molecular formula is C11H15N3O3S. The number of carbonyl (C=O) groups excluding carboxylic acids is 1. The number of carbonyl (C=O) groups is 1. The first kappa shape index (κ1) is 12.8. The summed E-state index contributed by atoms with van der Waals surface area (Å²) in [5.74, 6) is 0.179. The number of sulfone groups is 1. The van der Waals surface area contributed by atoms with Gasteiger partial charge in [-0.3, -0.25) is 4.79 Å². The van der Waals surface area contributed by atoms with E-state index in [0.29, 0.717) is 11.4 Å². The molecule has 0 aliphatic carbocycles.